The van der Waals surface area contributed by atoms with Gasteiger partial charge in [-0.15, -0.1) is 0 Å². The van der Waals surface area contributed by atoms with Crippen LogP contribution in [0.2, 0.25) is 0 Å². The Kier molecular flexibility index (Phi) is 12.8. The van der Waals surface area contributed by atoms with Crippen molar-refractivity contribution in [3.8, 4) is 0 Å². The van der Waals surface area contributed by atoms with E-state index >= 15 is 0 Å². The lowest BCUT2D eigenvalue weighted by Gasteiger charge is -2.37. The first-order chi connectivity index (χ1) is 17.6. The molecule has 4 heterocycles. The molecule has 36 heavy (non-hydrogen) atoms. The van der Waals surface area contributed by atoms with E-state index in [0.29, 0.717) is 5.95 Å². The highest BCUT2D eigenvalue weighted by atomic mass is 16.6. The Morgan fingerprint density at radius 2 is 1.64 bits per heavy atom. The normalized spacial score (nSPS) is 17.4. The molecule has 2 fully saturated rings. The number of likely N-dealkylation sites (tertiary alicyclic amines) is 2. The van der Waals surface area contributed by atoms with Gasteiger partial charge in [0.05, 0.1) is 11.4 Å². The van der Waals surface area contributed by atoms with E-state index in [9.17, 15) is 4.79 Å². The average molecular weight is 498 g/mol. The molecular formula is C27H43N7O2. The van der Waals surface area contributed by atoms with Crippen molar-refractivity contribution in [2.45, 2.75) is 59.9 Å². The monoisotopic (exact) mass is 497 g/mol. The zero-order valence-corrected chi connectivity index (χ0v) is 22.6. The maximum Gasteiger partial charge on any atom is 0.225 e. The van der Waals surface area contributed by atoms with Crippen molar-refractivity contribution >= 4 is 17.6 Å². The van der Waals surface area contributed by atoms with Gasteiger partial charge in [-0.25, -0.2) is 9.97 Å². The van der Waals surface area contributed by atoms with Gasteiger partial charge in [-0.1, -0.05) is 38.9 Å². The van der Waals surface area contributed by atoms with Crippen LogP contribution in [0.4, 0.5) is 5.95 Å². The largest absolute Gasteiger partial charge is 0.399 e. The highest BCUT2D eigenvalue weighted by Crippen LogP contribution is 2.26. The topological polar surface area (TPSA) is 110 Å². The molecule has 198 valence electrons. The van der Waals surface area contributed by atoms with Crippen molar-refractivity contribution in [3.05, 3.63) is 48.0 Å². The fourth-order valence-corrected chi connectivity index (χ4v) is 4.64. The Balaban J connectivity index is 0.00000109. The number of amides is 1. The number of aromatic nitrogens is 3. The van der Waals surface area contributed by atoms with Gasteiger partial charge in [0, 0.05) is 43.9 Å². The van der Waals surface area contributed by atoms with Crippen LogP contribution >= 0.6 is 0 Å². The van der Waals surface area contributed by atoms with Gasteiger partial charge in [0.1, 0.15) is 12.8 Å². The Labute approximate surface area is 216 Å². The number of oxime groups is 1. The second-order valence-corrected chi connectivity index (χ2v) is 8.43. The highest BCUT2D eigenvalue weighted by molar-refractivity contribution is 6.00. The molecule has 0 unspecified atom stereocenters. The molecular weight excluding hydrogens is 454 g/mol. The van der Waals surface area contributed by atoms with Gasteiger partial charge in [0.25, 0.3) is 0 Å². The fraction of sp³-hybridized carbons (Fsp3) is 0.593. The SMILES string of the molecule is CC.CC.CO/N=C(/c1ccccn1)C1CCN(C(=O)C2CCN(Cc3ccnc(N)n3)CC2)CC1. The fourth-order valence-electron chi connectivity index (χ4n) is 4.64. The van der Waals surface area contributed by atoms with Crippen LogP contribution in [0.15, 0.2) is 41.8 Å². The number of carbonyl (C=O) groups is 1. The molecule has 0 radical (unpaired) electrons. The van der Waals surface area contributed by atoms with Gasteiger partial charge in [-0.2, -0.15) is 0 Å². The molecule has 2 aromatic rings. The molecule has 0 atom stereocenters. The smallest absolute Gasteiger partial charge is 0.225 e. The number of nitrogen functional groups attached to an aromatic ring is 1. The van der Waals surface area contributed by atoms with Crippen LogP contribution in [-0.2, 0) is 16.2 Å². The summed E-state index contributed by atoms with van der Waals surface area (Å²) in [6.07, 6.45) is 6.96. The third kappa shape index (κ3) is 8.26. The predicted octanol–water partition coefficient (Wildman–Crippen LogP) is 4.01. The second kappa shape index (κ2) is 15.8. The summed E-state index contributed by atoms with van der Waals surface area (Å²) in [6, 6.07) is 7.70. The third-order valence-corrected chi connectivity index (χ3v) is 6.36. The number of carbonyl (C=O) groups excluding carboxylic acids is 1. The minimum absolute atomic E-state index is 0.0983. The van der Waals surface area contributed by atoms with Crippen LogP contribution in [-0.4, -0.2) is 69.7 Å². The quantitative estimate of drug-likeness (QED) is 0.474. The number of anilines is 1. The van der Waals surface area contributed by atoms with Crippen LogP contribution in [0.3, 0.4) is 0 Å². The lowest BCUT2D eigenvalue weighted by atomic mass is 9.88. The maximum absolute atomic E-state index is 13.1. The van der Waals surface area contributed by atoms with E-state index < -0.39 is 0 Å². The van der Waals surface area contributed by atoms with Crippen LogP contribution < -0.4 is 5.73 Å². The molecule has 9 nitrogen and oxygen atoms in total. The van der Waals surface area contributed by atoms with Crippen molar-refractivity contribution in [3.63, 3.8) is 0 Å². The summed E-state index contributed by atoms with van der Waals surface area (Å²) in [6.45, 7) is 12.0. The Bertz CT molecular complexity index is 923. The van der Waals surface area contributed by atoms with E-state index in [1.165, 1.54) is 0 Å². The van der Waals surface area contributed by atoms with Crippen molar-refractivity contribution in [2.24, 2.45) is 17.0 Å². The summed E-state index contributed by atoms with van der Waals surface area (Å²) in [4.78, 5) is 35.2. The van der Waals surface area contributed by atoms with Crippen LogP contribution in [0.1, 0.15) is 64.8 Å². The van der Waals surface area contributed by atoms with Crippen molar-refractivity contribution in [2.75, 3.05) is 39.0 Å². The van der Waals surface area contributed by atoms with Gasteiger partial charge in [-0.3, -0.25) is 14.7 Å². The van der Waals surface area contributed by atoms with E-state index in [-0.39, 0.29) is 17.7 Å². The first kappa shape index (κ1) is 29.2. The van der Waals surface area contributed by atoms with E-state index in [4.69, 9.17) is 10.6 Å². The number of pyridine rings is 1. The molecule has 4 rings (SSSR count). The van der Waals surface area contributed by atoms with Crippen LogP contribution in [0.25, 0.3) is 0 Å². The molecule has 2 aliphatic rings. The highest BCUT2D eigenvalue weighted by Gasteiger charge is 2.32. The van der Waals surface area contributed by atoms with Gasteiger partial charge in [0.15, 0.2) is 0 Å². The molecule has 2 aliphatic heterocycles. The maximum atomic E-state index is 13.1. The molecule has 0 saturated carbocycles. The lowest BCUT2D eigenvalue weighted by molar-refractivity contribution is -0.138. The first-order valence-electron chi connectivity index (χ1n) is 13.2. The summed E-state index contributed by atoms with van der Waals surface area (Å²) in [7, 11) is 1.56. The Morgan fingerprint density at radius 3 is 2.22 bits per heavy atom. The Morgan fingerprint density at radius 1 is 0.972 bits per heavy atom. The average Bonchev–Trinajstić information content (AvgIpc) is 2.95. The second-order valence-electron chi connectivity index (χ2n) is 8.43. The van der Waals surface area contributed by atoms with Gasteiger partial charge in [-0.05, 0) is 57.0 Å². The molecule has 1 amide bonds. The molecule has 0 aliphatic carbocycles. The van der Waals surface area contributed by atoms with Gasteiger partial charge in [0.2, 0.25) is 11.9 Å². The minimum atomic E-state index is 0.0983. The number of hydrogen-bond acceptors (Lipinski definition) is 8. The van der Waals surface area contributed by atoms with E-state index in [1.54, 1.807) is 19.5 Å². The van der Waals surface area contributed by atoms with Gasteiger partial charge >= 0.3 is 0 Å². The number of hydrogen-bond donors (Lipinski definition) is 1. The van der Waals surface area contributed by atoms with Crippen molar-refractivity contribution < 1.29 is 9.63 Å². The van der Waals surface area contributed by atoms with Gasteiger partial charge < -0.3 is 15.5 Å². The predicted molar refractivity (Wildman–Crippen MR) is 144 cm³/mol. The van der Waals surface area contributed by atoms with E-state index in [2.05, 4.69) is 25.0 Å². The van der Waals surface area contributed by atoms with Crippen LogP contribution in [0, 0.1) is 11.8 Å². The van der Waals surface area contributed by atoms with Crippen molar-refractivity contribution in [1.29, 1.82) is 0 Å². The summed E-state index contributed by atoms with van der Waals surface area (Å²) < 4.78 is 0. The number of nitrogens with two attached hydrogens (primary N) is 1. The minimum Gasteiger partial charge on any atom is -0.399 e. The van der Waals surface area contributed by atoms with E-state index in [1.807, 2.05) is 56.9 Å². The molecule has 0 aromatic carbocycles. The summed E-state index contributed by atoms with van der Waals surface area (Å²) >= 11 is 0. The summed E-state index contributed by atoms with van der Waals surface area (Å²) in [5.74, 6) is 0.937. The first-order valence-corrected chi connectivity index (χ1v) is 13.2. The van der Waals surface area contributed by atoms with Crippen LogP contribution in [0.5, 0.6) is 0 Å². The molecule has 9 heteroatoms. The lowest BCUT2D eigenvalue weighted by Crippen LogP contribution is -2.46. The third-order valence-electron chi connectivity index (χ3n) is 6.36. The summed E-state index contributed by atoms with van der Waals surface area (Å²) in [5.41, 5.74) is 8.32. The van der Waals surface area contributed by atoms with Crippen molar-refractivity contribution in [1.82, 2.24) is 24.8 Å². The molecule has 2 aromatic heterocycles. The zero-order chi connectivity index (χ0) is 26.3. The Hall–Kier alpha value is -3.07. The molecule has 0 bridgehead atoms. The molecule has 0 spiro atoms. The molecule has 2 saturated heterocycles. The number of rotatable bonds is 6. The zero-order valence-electron chi connectivity index (χ0n) is 22.6. The number of nitrogens with zero attached hydrogens (tertiary/aromatic N) is 6. The molecule has 2 N–H and O–H groups in total. The van der Waals surface area contributed by atoms with E-state index in [0.717, 1.165) is 75.5 Å². The standard InChI is InChI=1S/C23H31N7O2.2C2H6/c1-32-28-21(20-4-2-3-10-25-20)17-8-14-30(15-9-17)22(31)18-6-12-29(13-7-18)16-19-5-11-26-23(24)27-19;2*1-2/h2-5,10-11,17-18H,6-9,12-16H2,1H3,(H2,24,26,27);2*1-2H3/b28-21+;;. The summed E-state index contributed by atoms with van der Waals surface area (Å²) in [5, 5.41) is 4.25. The number of piperidine rings is 2.